The summed E-state index contributed by atoms with van der Waals surface area (Å²) in [7, 11) is 0. The smallest absolute Gasteiger partial charge is 0.407 e. The van der Waals surface area contributed by atoms with Crippen LogP contribution in [0.5, 0.6) is 0 Å². The second-order valence-electron chi connectivity index (χ2n) is 6.43. The molecule has 1 amide bonds. The van der Waals surface area contributed by atoms with Crippen LogP contribution in [0.15, 0.2) is 48.5 Å². The number of nitro benzene ring substituents is 1. The summed E-state index contributed by atoms with van der Waals surface area (Å²) in [5, 5.41) is 23.4. The monoisotopic (exact) mass is 355 g/mol. The number of nitro groups is 1. The van der Waals surface area contributed by atoms with E-state index in [1.165, 1.54) is 17.0 Å². The average Bonchev–Trinajstić information content (AvgIpc) is 2.67. The Labute approximate surface area is 151 Å². The van der Waals surface area contributed by atoms with Crippen molar-refractivity contribution in [3.05, 3.63) is 69.8 Å². The molecule has 0 aliphatic carbocycles. The van der Waals surface area contributed by atoms with Crippen molar-refractivity contribution in [3.63, 3.8) is 0 Å². The summed E-state index contributed by atoms with van der Waals surface area (Å²) in [4.78, 5) is 23.1. The van der Waals surface area contributed by atoms with E-state index < -0.39 is 11.0 Å². The molecule has 136 valence electrons. The molecule has 1 unspecified atom stereocenters. The molecule has 1 aliphatic rings. The fourth-order valence-electron chi connectivity index (χ4n) is 3.35. The predicted octanol–water partition coefficient (Wildman–Crippen LogP) is 4.06. The van der Waals surface area contributed by atoms with Gasteiger partial charge in [-0.2, -0.15) is 0 Å². The number of rotatable bonds is 5. The summed E-state index contributed by atoms with van der Waals surface area (Å²) >= 11 is 0. The third-order valence-corrected chi connectivity index (χ3v) is 4.72. The van der Waals surface area contributed by atoms with Crippen LogP contribution in [0.25, 0.3) is 0 Å². The summed E-state index contributed by atoms with van der Waals surface area (Å²) in [6.45, 7) is 1.64. The van der Waals surface area contributed by atoms with Crippen molar-refractivity contribution in [1.29, 1.82) is 0 Å². The molecule has 2 N–H and O–H groups in total. The topological polar surface area (TPSA) is 95.7 Å². The van der Waals surface area contributed by atoms with Crippen molar-refractivity contribution >= 4 is 17.5 Å². The first kappa shape index (κ1) is 17.7. The zero-order valence-electron chi connectivity index (χ0n) is 14.3. The molecule has 7 nitrogen and oxygen atoms in total. The largest absolute Gasteiger partial charge is 0.465 e. The number of benzene rings is 2. The highest BCUT2D eigenvalue weighted by Gasteiger charge is 2.25. The molecular weight excluding hydrogens is 334 g/mol. The van der Waals surface area contributed by atoms with E-state index in [2.05, 4.69) is 5.32 Å². The van der Waals surface area contributed by atoms with Gasteiger partial charge in [0.2, 0.25) is 0 Å². The molecule has 0 radical (unpaired) electrons. The van der Waals surface area contributed by atoms with Crippen molar-refractivity contribution in [3.8, 4) is 0 Å². The number of nitrogens with one attached hydrogen (secondary N) is 1. The van der Waals surface area contributed by atoms with E-state index in [1.807, 2.05) is 24.3 Å². The van der Waals surface area contributed by atoms with Crippen LogP contribution >= 0.6 is 0 Å². The maximum absolute atomic E-state index is 11.3. The van der Waals surface area contributed by atoms with Crippen LogP contribution in [0.1, 0.15) is 29.9 Å². The van der Waals surface area contributed by atoms with Gasteiger partial charge in [0, 0.05) is 43.4 Å². The number of nitrogens with zero attached hydrogens (tertiary/aromatic N) is 2. The summed E-state index contributed by atoms with van der Waals surface area (Å²) in [5.41, 5.74) is 3.11. The van der Waals surface area contributed by atoms with Gasteiger partial charge in [0.05, 0.1) is 4.92 Å². The fraction of sp³-hybridized carbons (Fsp3) is 0.316. The molecular formula is C19H21N3O4. The van der Waals surface area contributed by atoms with Crippen LogP contribution in [0.3, 0.4) is 0 Å². The summed E-state index contributed by atoms with van der Waals surface area (Å²) in [6.07, 6.45) is 0.944. The molecule has 0 bridgehead atoms. The van der Waals surface area contributed by atoms with E-state index in [0.717, 1.165) is 29.7 Å². The van der Waals surface area contributed by atoms with E-state index in [4.69, 9.17) is 0 Å². The van der Waals surface area contributed by atoms with E-state index in [1.54, 1.807) is 12.1 Å². The van der Waals surface area contributed by atoms with Crippen LogP contribution in [0.2, 0.25) is 0 Å². The first-order valence-corrected chi connectivity index (χ1v) is 8.58. The van der Waals surface area contributed by atoms with Crippen molar-refractivity contribution in [1.82, 2.24) is 4.90 Å². The summed E-state index contributed by atoms with van der Waals surface area (Å²) < 4.78 is 0. The molecule has 0 aromatic heterocycles. The Kier molecular flexibility index (Phi) is 5.36. The number of hydrogen-bond acceptors (Lipinski definition) is 4. The van der Waals surface area contributed by atoms with Gasteiger partial charge in [0.15, 0.2) is 0 Å². The van der Waals surface area contributed by atoms with Gasteiger partial charge in [-0.25, -0.2) is 4.79 Å². The third-order valence-electron chi connectivity index (χ3n) is 4.72. The zero-order chi connectivity index (χ0) is 18.5. The van der Waals surface area contributed by atoms with Crippen LogP contribution < -0.4 is 5.32 Å². The molecule has 3 rings (SSSR count). The minimum Gasteiger partial charge on any atom is -0.465 e. The highest BCUT2D eigenvalue weighted by Crippen LogP contribution is 2.32. The molecule has 1 saturated heterocycles. The van der Waals surface area contributed by atoms with Gasteiger partial charge in [-0.1, -0.05) is 30.3 Å². The van der Waals surface area contributed by atoms with Crippen LogP contribution in [0, 0.1) is 10.1 Å². The minimum absolute atomic E-state index is 0.0742. The van der Waals surface area contributed by atoms with E-state index in [9.17, 15) is 20.0 Å². The molecule has 2 aromatic carbocycles. The van der Waals surface area contributed by atoms with Gasteiger partial charge >= 0.3 is 6.09 Å². The standard InChI is InChI=1S/C19H21N3O4/c23-19(24)21-11-3-4-15(13-21)17-5-1-2-6-18(17)20-12-14-7-9-16(10-8-14)22(25)26/h1-2,5-10,15,20H,3-4,11-13H2,(H,23,24). The fourth-order valence-corrected chi connectivity index (χ4v) is 3.35. The number of hydrogen-bond donors (Lipinski definition) is 2. The number of anilines is 1. The Morgan fingerprint density at radius 2 is 1.96 bits per heavy atom. The van der Waals surface area contributed by atoms with Crippen molar-refractivity contribution < 1.29 is 14.8 Å². The number of para-hydroxylation sites is 1. The molecule has 1 aliphatic heterocycles. The van der Waals surface area contributed by atoms with Gasteiger partial charge in [0.25, 0.3) is 5.69 Å². The van der Waals surface area contributed by atoms with E-state index in [-0.39, 0.29) is 11.6 Å². The number of carbonyl (C=O) groups is 1. The maximum atomic E-state index is 11.3. The molecule has 7 heteroatoms. The first-order chi connectivity index (χ1) is 12.5. The first-order valence-electron chi connectivity index (χ1n) is 8.58. The number of non-ortho nitro benzene ring substituents is 1. The quantitative estimate of drug-likeness (QED) is 0.623. The van der Waals surface area contributed by atoms with Crippen LogP contribution in [-0.2, 0) is 6.54 Å². The second-order valence-corrected chi connectivity index (χ2v) is 6.43. The number of amides is 1. The summed E-state index contributed by atoms with van der Waals surface area (Å²) in [5.74, 6) is 0.167. The molecule has 1 atom stereocenters. The van der Waals surface area contributed by atoms with Gasteiger partial charge in [-0.15, -0.1) is 0 Å². The molecule has 0 spiro atoms. The third kappa shape index (κ3) is 4.11. The second kappa shape index (κ2) is 7.86. The average molecular weight is 355 g/mol. The molecule has 1 heterocycles. The Balaban J connectivity index is 1.71. The Hall–Kier alpha value is -3.09. The Morgan fingerprint density at radius 3 is 2.65 bits per heavy atom. The lowest BCUT2D eigenvalue weighted by molar-refractivity contribution is -0.384. The number of likely N-dealkylation sites (tertiary alicyclic amines) is 1. The van der Waals surface area contributed by atoms with Crippen LogP contribution in [0.4, 0.5) is 16.2 Å². The lowest BCUT2D eigenvalue weighted by Gasteiger charge is -2.32. The molecule has 1 fully saturated rings. The van der Waals surface area contributed by atoms with Gasteiger partial charge in [-0.3, -0.25) is 10.1 Å². The maximum Gasteiger partial charge on any atom is 0.407 e. The zero-order valence-corrected chi connectivity index (χ0v) is 14.3. The van der Waals surface area contributed by atoms with E-state index >= 15 is 0 Å². The Morgan fingerprint density at radius 1 is 1.23 bits per heavy atom. The minimum atomic E-state index is -0.869. The van der Waals surface area contributed by atoms with Crippen molar-refractivity contribution in [2.24, 2.45) is 0 Å². The lowest BCUT2D eigenvalue weighted by Crippen LogP contribution is -2.38. The number of piperidine rings is 1. The molecule has 0 saturated carbocycles. The lowest BCUT2D eigenvalue weighted by atomic mass is 9.89. The van der Waals surface area contributed by atoms with Crippen LogP contribution in [-0.4, -0.2) is 34.1 Å². The van der Waals surface area contributed by atoms with E-state index in [0.29, 0.717) is 19.6 Å². The Bertz CT molecular complexity index is 792. The van der Waals surface area contributed by atoms with Gasteiger partial charge in [-0.05, 0) is 30.0 Å². The van der Waals surface area contributed by atoms with Gasteiger partial charge in [0.1, 0.15) is 0 Å². The summed E-state index contributed by atoms with van der Waals surface area (Å²) in [6, 6.07) is 14.4. The van der Waals surface area contributed by atoms with Crippen molar-refractivity contribution in [2.75, 3.05) is 18.4 Å². The highest BCUT2D eigenvalue weighted by atomic mass is 16.6. The normalized spacial score (nSPS) is 16.9. The molecule has 26 heavy (non-hydrogen) atoms. The SMILES string of the molecule is O=C(O)N1CCCC(c2ccccc2NCc2ccc([N+](=O)[O-])cc2)C1. The van der Waals surface area contributed by atoms with Gasteiger partial charge < -0.3 is 15.3 Å². The van der Waals surface area contributed by atoms with Crippen molar-refractivity contribution in [2.45, 2.75) is 25.3 Å². The highest BCUT2D eigenvalue weighted by molar-refractivity contribution is 5.65. The number of carboxylic acid groups (broad SMARTS) is 1. The molecule has 2 aromatic rings. The predicted molar refractivity (Wildman–Crippen MR) is 98.4 cm³/mol.